The highest BCUT2D eigenvalue weighted by atomic mass is 19.1. The highest BCUT2D eigenvalue weighted by molar-refractivity contribution is 5.81. The second-order valence-corrected chi connectivity index (χ2v) is 7.28. The number of amides is 1. The molecule has 3 rings (SSSR count). The Morgan fingerprint density at radius 3 is 2.40 bits per heavy atom. The first kappa shape index (κ1) is 18.3. The van der Waals surface area contributed by atoms with Crippen molar-refractivity contribution in [3.8, 4) is 0 Å². The number of benzene rings is 1. The Bertz CT molecular complexity index is 566. The van der Waals surface area contributed by atoms with Gasteiger partial charge in [-0.15, -0.1) is 0 Å². The third kappa shape index (κ3) is 4.79. The topological polar surface area (TPSA) is 26.8 Å². The zero-order valence-corrected chi connectivity index (χ0v) is 15.3. The minimum absolute atomic E-state index is 0.0215. The van der Waals surface area contributed by atoms with Gasteiger partial charge in [-0.2, -0.15) is 0 Å². The van der Waals surface area contributed by atoms with Crippen molar-refractivity contribution in [2.24, 2.45) is 0 Å². The molecule has 0 saturated carbocycles. The van der Waals surface area contributed by atoms with Gasteiger partial charge in [-0.1, -0.05) is 18.2 Å². The molecule has 4 nitrogen and oxygen atoms in total. The van der Waals surface area contributed by atoms with Gasteiger partial charge < -0.3 is 9.80 Å². The summed E-state index contributed by atoms with van der Waals surface area (Å²) < 4.78 is 13.7. The van der Waals surface area contributed by atoms with E-state index in [9.17, 15) is 9.18 Å². The summed E-state index contributed by atoms with van der Waals surface area (Å²) in [6.07, 6.45) is 4.28. The van der Waals surface area contributed by atoms with Crippen molar-refractivity contribution in [3.05, 3.63) is 35.6 Å². The molecule has 0 spiro atoms. The van der Waals surface area contributed by atoms with Crippen LogP contribution in [0.15, 0.2) is 24.3 Å². The van der Waals surface area contributed by atoms with Crippen molar-refractivity contribution in [2.45, 2.75) is 38.6 Å². The molecule has 2 saturated heterocycles. The first-order chi connectivity index (χ1) is 12.1. The smallest absolute Gasteiger partial charge is 0.239 e. The first-order valence-corrected chi connectivity index (χ1v) is 9.64. The summed E-state index contributed by atoms with van der Waals surface area (Å²) in [6, 6.07) is 7.00. The van der Waals surface area contributed by atoms with Gasteiger partial charge in [0, 0.05) is 45.8 Å². The predicted molar refractivity (Wildman–Crippen MR) is 98.0 cm³/mol. The number of halogens is 1. The van der Waals surface area contributed by atoms with Gasteiger partial charge in [0.25, 0.3) is 0 Å². The van der Waals surface area contributed by atoms with E-state index in [-0.39, 0.29) is 11.9 Å². The van der Waals surface area contributed by atoms with Gasteiger partial charge in [-0.3, -0.25) is 9.69 Å². The quantitative estimate of drug-likeness (QED) is 0.818. The molecule has 1 amide bonds. The predicted octanol–water partition coefficient (Wildman–Crippen LogP) is 2.39. The van der Waals surface area contributed by atoms with Crippen molar-refractivity contribution < 1.29 is 9.18 Å². The van der Waals surface area contributed by atoms with Crippen LogP contribution in [0.25, 0.3) is 0 Å². The van der Waals surface area contributed by atoms with Crippen LogP contribution >= 0.6 is 0 Å². The number of hydrogen-bond acceptors (Lipinski definition) is 3. The molecule has 1 unspecified atom stereocenters. The van der Waals surface area contributed by atoms with Crippen molar-refractivity contribution in [2.75, 3.05) is 45.8 Å². The maximum Gasteiger partial charge on any atom is 0.239 e. The Labute approximate surface area is 150 Å². The van der Waals surface area contributed by atoms with E-state index in [4.69, 9.17) is 0 Å². The van der Waals surface area contributed by atoms with Crippen molar-refractivity contribution in [3.63, 3.8) is 0 Å². The minimum Gasteiger partial charge on any atom is -0.341 e. The lowest BCUT2D eigenvalue weighted by Gasteiger charge is -2.39. The zero-order valence-electron chi connectivity index (χ0n) is 15.3. The lowest BCUT2D eigenvalue weighted by molar-refractivity contribution is -0.138. The van der Waals surface area contributed by atoms with E-state index in [1.165, 1.54) is 12.5 Å². The fourth-order valence-electron chi connectivity index (χ4n) is 3.89. The van der Waals surface area contributed by atoms with Gasteiger partial charge in [0.05, 0.1) is 6.04 Å². The molecule has 0 radical (unpaired) electrons. The molecule has 5 heteroatoms. The summed E-state index contributed by atoms with van der Waals surface area (Å²) in [5.41, 5.74) is 0.790. The molecule has 1 aromatic rings. The highest BCUT2D eigenvalue weighted by Gasteiger charge is 2.29. The molecular formula is C20H30FN3O. The highest BCUT2D eigenvalue weighted by Crippen LogP contribution is 2.15. The maximum atomic E-state index is 13.7. The maximum absolute atomic E-state index is 13.7. The number of likely N-dealkylation sites (tertiary alicyclic amines) is 1. The second kappa shape index (κ2) is 8.77. The van der Waals surface area contributed by atoms with Gasteiger partial charge in [-0.25, -0.2) is 4.39 Å². The largest absolute Gasteiger partial charge is 0.341 e. The van der Waals surface area contributed by atoms with E-state index in [0.717, 1.165) is 70.6 Å². The Morgan fingerprint density at radius 1 is 1.04 bits per heavy atom. The zero-order chi connectivity index (χ0) is 17.6. The Hall–Kier alpha value is -1.46. The minimum atomic E-state index is -0.109. The monoisotopic (exact) mass is 347 g/mol. The fraction of sp³-hybridized carbons (Fsp3) is 0.650. The van der Waals surface area contributed by atoms with Crippen LogP contribution in [0.5, 0.6) is 0 Å². The molecule has 2 aliphatic rings. The molecule has 2 fully saturated rings. The molecular weight excluding hydrogens is 317 g/mol. The third-order valence-corrected chi connectivity index (χ3v) is 5.63. The first-order valence-electron chi connectivity index (χ1n) is 9.64. The second-order valence-electron chi connectivity index (χ2n) is 7.28. The van der Waals surface area contributed by atoms with E-state index in [1.807, 2.05) is 24.0 Å². The summed E-state index contributed by atoms with van der Waals surface area (Å²) in [5, 5.41) is 0. The molecule has 0 aromatic heterocycles. The number of nitrogens with zero attached hydrogens (tertiary/aromatic N) is 3. The third-order valence-electron chi connectivity index (χ3n) is 5.63. The Kier molecular flexibility index (Phi) is 6.43. The summed E-state index contributed by atoms with van der Waals surface area (Å²) in [7, 11) is 0. The van der Waals surface area contributed by atoms with Crippen LogP contribution in [-0.4, -0.2) is 72.5 Å². The Balaban J connectivity index is 1.43. The van der Waals surface area contributed by atoms with Crippen LogP contribution in [0.3, 0.4) is 0 Å². The standard InChI is InChI=1S/C20H30FN3O/c1-17(20(25)24-10-5-2-6-11-24)23-15-13-22(14-16-23)12-9-18-7-3-4-8-19(18)21/h3-4,7-8,17H,2,5-6,9-16H2,1H3. The fourth-order valence-corrected chi connectivity index (χ4v) is 3.89. The number of piperazine rings is 1. The van der Waals surface area contributed by atoms with Gasteiger partial charge in [0.2, 0.25) is 5.91 Å². The Morgan fingerprint density at radius 2 is 1.72 bits per heavy atom. The van der Waals surface area contributed by atoms with Gasteiger partial charge in [0.15, 0.2) is 0 Å². The molecule has 0 bridgehead atoms. The van der Waals surface area contributed by atoms with Crippen LogP contribution < -0.4 is 0 Å². The van der Waals surface area contributed by atoms with E-state index in [1.54, 1.807) is 6.07 Å². The summed E-state index contributed by atoms with van der Waals surface area (Å²) in [6.45, 7) is 8.50. The van der Waals surface area contributed by atoms with Gasteiger partial charge in [0.1, 0.15) is 5.82 Å². The van der Waals surface area contributed by atoms with Crippen molar-refractivity contribution in [1.29, 1.82) is 0 Å². The van der Waals surface area contributed by atoms with Gasteiger partial charge in [-0.05, 0) is 44.2 Å². The number of carbonyl (C=O) groups excluding carboxylic acids is 1. The van der Waals surface area contributed by atoms with E-state index < -0.39 is 0 Å². The number of piperidine rings is 1. The molecule has 25 heavy (non-hydrogen) atoms. The van der Waals surface area contributed by atoms with Crippen molar-refractivity contribution >= 4 is 5.91 Å². The lowest BCUT2D eigenvalue weighted by Crippen LogP contribution is -2.55. The summed E-state index contributed by atoms with van der Waals surface area (Å²) in [5.74, 6) is 0.182. The van der Waals surface area contributed by atoms with Crippen LogP contribution in [0.2, 0.25) is 0 Å². The van der Waals surface area contributed by atoms with Crippen LogP contribution in [0, 0.1) is 5.82 Å². The molecule has 2 heterocycles. The number of rotatable bonds is 5. The molecule has 2 aliphatic heterocycles. The van der Waals surface area contributed by atoms with Crippen LogP contribution in [0.4, 0.5) is 4.39 Å². The molecule has 1 atom stereocenters. The van der Waals surface area contributed by atoms with Gasteiger partial charge >= 0.3 is 0 Å². The summed E-state index contributed by atoms with van der Waals surface area (Å²) >= 11 is 0. The van der Waals surface area contributed by atoms with Crippen LogP contribution in [0.1, 0.15) is 31.7 Å². The van der Waals surface area contributed by atoms with Crippen molar-refractivity contribution in [1.82, 2.24) is 14.7 Å². The van der Waals surface area contributed by atoms with E-state index in [0.29, 0.717) is 5.91 Å². The molecule has 138 valence electrons. The normalized spacial score (nSPS) is 21.3. The number of hydrogen-bond donors (Lipinski definition) is 0. The lowest BCUT2D eigenvalue weighted by atomic mass is 10.1. The molecule has 0 aliphatic carbocycles. The average molecular weight is 347 g/mol. The van der Waals surface area contributed by atoms with Crippen LogP contribution in [-0.2, 0) is 11.2 Å². The molecule has 1 aromatic carbocycles. The number of carbonyl (C=O) groups is 1. The average Bonchev–Trinajstić information content (AvgIpc) is 2.67. The molecule has 0 N–H and O–H groups in total. The van der Waals surface area contributed by atoms with E-state index in [2.05, 4.69) is 9.80 Å². The SMILES string of the molecule is CC(C(=O)N1CCCCC1)N1CCN(CCc2ccccc2F)CC1. The summed E-state index contributed by atoms with van der Waals surface area (Å²) in [4.78, 5) is 19.4. The van der Waals surface area contributed by atoms with E-state index >= 15 is 0 Å².